The number of hydrogen-bond donors (Lipinski definition) is 1. The van der Waals surface area contributed by atoms with Crippen LogP contribution < -0.4 is 14.8 Å². The number of rotatable bonds is 4. The molecule has 31 heavy (non-hydrogen) atoms. The summed E-state index contributed by atoms with van der Waals surface area (Å²) in [6.07, 6.45) is 10.8. The minimum Gasteiger partial charge on any atom is -0.487 e. The highest BCUT2D eigenvalue weighted by atomic mass is 16.5. The van der Waals surface area contributed by atoms with Crippen molar-refractivity contribution in [2.45, 2.75) is 88.9 Å². The minimum absolute atomic E-state index is 0.0369. The zero-order valence-corrected chi connectivity index (χ0v) is 18.5. The van der Waals surface area contributed by atoms with E-state index in [4.69, 9.17) is 9.47 Å². The van der Waals surface area contributed by atoms with Gasteiger partial charge >= 0.3 is 0 Å². The summed E-state index contributed by atoms with van der Waals surface area (Å²) in [7, 11) is 0. The lowest BCUT2D eigenvalue weighted by molar-refractivity contribution is -0.128. The van der Waals surface area contributed by atoms with E-state index in [1.54, 1.807) is 0 Å². The molecule has 1 aliphatic heterocycles. The molecule has 1 fully saturated rings. The largest absolute Gasteiger partial charge is 0.487 e. The molecule has 0 saturated heterocycles. The molecule has 0 radical (unpaired) electrons. The summed E-state index contributed by atoms with van der Waals surface area (Å²) in [4.78, 5) is 13.1. The molecular weight excluding hydrogens is 386 g/mol. The van der Waals surface area contributed by atoms with E-state index in [2.05, 4.69) is 23.5 Å². The molecule has 0 bridgehead atoms. The van der Waals surface area contributed by atoms with Gasteiger partial charge in [0.1, 0.15) is 17.1 Å². The van der Waals surface area contributed by atoms with Crippen LogP contribution in [0.4, 0.5) is 0 Å². The Morgan fingerprint density at radius 3 is 2.65 bits per heavy atom. The number of nitrogens with one attached hydrogen (secondary N) is 1. The van der Waals surface area contributed by atoms with Crippen LogP contribution in [0.5, 0.6) is 11.5 Å². The molecule has 2 aromatic rings. The lowest BCUT2D eigenvalue weighted by Gasteiger charge is -2.44. The van der Waals surface area contributed by atoms with Gasteiger partial charge in [-0.2, -0.15) is 0 Å². The van der Waals surface area contributed by atoms with Crippen molar-refractivity contribution in [3.05, 3.63) is 59.2 Å². The van der Waals surface area contributed by atoms with Crippen LogP contribution in [0.15, 0.2) is 42.5 Å². The number of aryl methyl sites for hydroxylation is 2. The smallest absolute Gasteiger partial charge is 0.261 e. The molecule has 2 aromatic carbocycles. The Balaban J connectivity index is 1.29. The van der Waals surface area contributed by atoms with Crippen LogP contribution >= 0.6 is 0 Å². The molecule has 0 aromatic heterocycles. The van der Waals surface area contributed by atoms with Crippen LogP contribution in [0, 0.1) is 0 Å². The number of benzene rings is 2. The lowest BCUT2D eigenvalue weighted by Crippen LogP contribution is -2.48. The van der Waals surface area contributed by atoms with Gasteiger partial charge in [0, 0.05) is 12.0 Å². The van der Waals surface area contributed by atoms with E-state index >= 15 is 0 Å². The molecular formula is C27H33NO3. The monoisotopic (exact) mass is 419 g/mol. The SMILES string of the molecule is C[C@@H](Oc1ccc2c(c1)CCCC2)C(=O)N[C@H]1CC2(CCCCC2)Oc2ccccc21. The fourth-order valence-corrected chi connectivity index (χ4v) is 5.58. The third-order valence-corrected chi connectivity index (χ3v) is 7.28. The molecule has 2 aliphatic carbocycles. The van der Waals surface area contributed by atoms with Crippen molar-refractivity contribution in [3.63, 3.8) is 0 Å². The molecule has 0 unspecified atom stereocenters. The molecule has 2 atom stereocenters. The van der Waals surface area contributed by atoms with Gasteiger partial charge in [-0.25, -0.2) is 0 Å². The van der Waals surface area contributed by atoms with Crippen molar-refractivity contribution in [1.29, 1.82) is 0 Å². The number of fused-ring (bicyclic) bond motifs is 2. The quantitative estimate of drug-likeness (QED) is 0.694. The lowest BCUT2D eigenvalue weighted by atomic mass is 9.77. The molecule has 4 nitrogen and oxygen atoms in total. The first kappa shape index (κ1) is 20.4. The van der Waals surface area contributed by atoms with E-state index in [1.807, 2.05) is 31.2 Å². The number of para-hydroxylation sites is 1. The number of ether oxygens (including phenoxy) is 2. The van der Waals surface area contributed by atoms with Crippen molar-refractivity contribution in [2.75, 3.05) is 0 Å². The molecule has 1 saturated carbocycles. The third-order valence-electron chi connectivity index (χ3n) is 7.28. The Labute approximate surface area is 185 Å². The second-order valence-electron chi connectivity index (χ2n) is 9.55. The number of hydrogen-bond acceptors (Lipinski definition) is 3. The van der Waals surface area contributed by atoms with Crippen LogP contribution in [-0.2, 0) is 17.6 Å². The van der Waals surface area contributed by atoms with Crippen LogP contribution in [0.2, 0.25) is 0 Å². The van der Waals surface area contributed by atoms with Crippen molar-refractivity contribution in [3.8, 4) is 11.5 Å². The van der Waals surface area contributed by atoms with Crippen molar-refractivity contribution >= 4 is 5.91 Å². The molecule has 1 spiro atoms. The first-order chi connectivity index (χ1) is 15.1. The van der Waals surface area contributed by atoms with Gasteiger partial charge in [0.2, 0.25) is 0 Å². The Kier molecular flexibility index (Phi) is 5.64. The van der Waals surface area contributed by atoms with Crippen molar-refractivity contribution in [2.24, 2.45) is 0 Å². The van der Waals surface area contributed by atoms with E-state index in [0.29, 0.717) is 0 Å². The van der Waals surface area contributed by atoms with E-state index in [9.17, 15) is 4.79 Å². The standard InChI is InChI=1S/C27H33NO3/c1-19(30-22-14-13-20-9-3-4-10-21(20)17-22)26(29)28-24-18-27(15-7-2-8-16-27)31-25-12-6-5-11-23(24)25/h5-6,11-14,17,19,24H,2-4,7-10,15-16,18H2,1H3,(H,28,29)/t19-,24+/m1/s1. The molecule has 5 rings (SSSR count). The van der Waals surface area contributed by atoms with Gasteiger partial charge in [0.05, 0.1) is 6.04 Å². The Morgan fingerprint density at radius 1 is 1.03 bits per heavy atom. The summed E-state index contributed by atoms with van der Waals surface area (Å²) in [6, 6.07) is 14.4. The van der Waals surface area contributed by atoms with Gasteiger partial charge < -0.3 is 14.8 Å². The maximum atomic E-state index is 13.1. The van der Waals surface area contributed by atoms with Crippen LogP contribution in [0.25, 0.3) is 0 Å². The summed E-state index contributed by atoms with van der Waals surface area (Å²) in [5, 5.41) is 3.29. The Morgan fingerprint density at radius 2 is 1.81 bits per heavy atom. The summed E-state index contributed by atoms with van der Waals surface area (Å²) < 4.78 is 12.6. The predicted octanol–water partition coefficient (Wildman–Crippen LogP) is 5.68. The molecule has 164 valence electrons. The van der Waals surface area contributed by atoms with Gasteiger partial charge in [-0.3, -0.25) is 4.79 Å². The molecule has 1 heterocycles. The number of amides is 1. The second kappa shape index (κ2) is 8.57. The number of carbonyl (C=O) groups is 1. The zero-order chi connectivity index (χ0) is 21.3. The van der Waals surface area contributed by atoms with Crippen molar-refractivity contribution in [1.82, 2.24) is 5.32 Å². The first-order valence-corrected chi connectivity index (χ1v) is 12.0. The summed E-state index contributed by atoms with van der Waals surface area (Å²) in [5.41, 5.74) is 3.72. The normalized spacial score (nSPS) is 22.5. The predicted molar refractivity (Wildman–Crippen MR) is 122 cm³/mol. The topological polar surface area (TPSA) is 47.6 Å². The van der Waals surface area contributed by atoms with E-state index in [1.165, 1.54) is 43.2 Å². The van der Waals surface area contributed by atoms with Gasteiger partial charge in [-0.05, 0) is 87.6 Å². The Hall–Kier alpha value is -2.49. The highest BCUT2D eigenvalue weighted by Gasteiger charge is 2.42. The molecule has 4 heteroatoms. The highest BCUT2D eigenvalue weighted by molar-refractivity contribution is 5.81. The van der Waals surface area contributed by atoms with Crippen LogP contribution in [0.1, 0.15) is 81.0 Å². The molecule has 1 N–H and O–H groups in total. The summed E-state index contributed by atoms with van der Waals surface area (Å²) >= 11 is 0. The van der Waals surface area contributed by atoms with Gasteiger partial charge in [-0.15, -0.1) is 0 Å². The maximum absolute atomic E-state index is 13.1. The zero-order valence-electron chi connectivity index (χ0n) is 18.5. The van der Waals surface area contributed by atoms with Gasteiger partial charge in [-0.1, -0.05) is 30.7 Å². The van der Waals surface area contributed by atoms with Crippen molar-refractivity contribution < 1.29 is 14.3 Å². The maximum Gasteiger partial charge on any atom is 0.261 e. The third kappa shape index (κ3) is 4.30. The first-order valence-electron chi connectivity index (χ1n) is 12.0. The molecule has 1 amide bonds. The fourth-order valence-electron chi connectivity index (χ4n) is 5.58. The average molecular weight is 420 g/mol. The number of carbonyl (C=O) groups excluding carboxylic acids is 1. The minimum atomic E-state index is -0.543. The second-order valence-corrected chi connectivity index (χ2v) is 9.55. The van der Waals surface area contributed by atoms with Gasteiger partial charge in [0.15, 0.2) is 6.10 Å². The van der Waals surface area contributed by atoms with Gasteiger partial charge in [0.25, 0.3) is 5.91 Å². The van der Waals surface area contributed by atoms with E-state index < -0.39 is 6.10 Å². The highest BCUT2D eigenvalue weighted by Crippen LogP contribution is 2.46. The summed E-state index contributed by atoms with van der Waals surface area (Å²) in [5.74, 6) is 1.65. The van der Waals surface area contributed by atoms with E-state index in [0.717, 1.165) is 49.2 Å². The van der Waals surface area contributed by atoms with E-state index in [-0.39, 0.29) is 17.6 Å². The molecule has 3 aliphatic rings. The Bertz CT molecular complexity index is 947. The van der Waals surface area contributed by atoms with Crippen LogP contribution in [-0.4, -0.2) is 17.6 Å². The fraction of sp³-hybridized carbons (Fsp3) is 0.519. The summed E-state index contributed by atoms with van der Waals surface area (Å²) in [6.45, 7) is 1.84. The average Bonchev–Trinajstić information content (AvgIpc) is 2.79. The van der Waals surface area contributed by atoms with Crippen LogP contribution in [0.3, 0.4) is 0 Å².